The largest absolute Gasteiger partial charge is 0.508 e. The summed E-state index contributed by atoms with van der Waals surface area (Å²) in [5.41, 5.74) is 7.50. The lowest BCUT2D eigenvalue weighted by molar-refractivity contribution is -0.153. The molecule has 0 unspecified atom stereocenters. The van der Waals surface area contributed by atoms with Crippen molar-refractivity contribution in [1.82, 2.24) is 77.3 Å². The molecule has 10 rings (SSSR count). The summed E-state index contributed by atoms with van der Waals surface area (Å²) in [6.45, 7) is 3.76. The number of aromatic nitrogens is 1. The Bertz CT molecular complexity index is 5610. The summed E-state index contributed by atoms with van der Waals surface area (Å²) in [4.78, 5) is 259. The second-order valence-corrected chi connectivity index (χ2v) is 36.3. The van der Waals surface area contributed by atoms with Gasteiger partial charge in [0.2, 0.25) is 88.6 Å². The first kappa shape index (κ1) is 107. The van der Waals surface area contributed by atoms with E-state index in [1.165, 1.54) is 81.6 Å². The van der Waals surface area contributed by atoms with Crippen LogP contribution in [0.3, 0.4) is 0 Å². The minimum absolute atomic E-state index is 0.181. The van der Waals surface area contributed by atoms with E-state index < -0.39 is 290 Å². The molecule has 4 heterocycles. The number of rotatable bonds is 23. The van der Waals surface area contributed by atoms with Gasteiger partial charge in [0.15, 0.2) is 17.5 Å². The maximum Gasteiger partial charge on any atom is 0.305 e. The lowest BCUT2D eigenvalue weighted by Gasteiger charge is -2.38. The van der Waals surface area contributed by atoms with Crippen LogP contribution in [0.4, 0.5) is 13.2 Å². The van der Waals surface area contributed by atoms with E-state index in [1.807, 2.05) is 0 Å². The summed E-state index contributed by atoms with van der Waals surface area (Å²) >= 11 is 0.615. The molecule has 0 bridgehead atoms. The predicted molar refractivity (Wildman–Crippen MR) is 496 cm³/mol. The first-order chi connectivity index (χ1) is 66.0. The molecule has 7 aromatic rings. The van der Waals surface area contributed by atoms with Crippen molar-refractivity contribution in [3.8, 4) is 11.5 Å². The maximum absolute atomic E-state index is 15.9. The minimum Gasteiger partial charge on any atom is -0.508 e. The average Bonchev–Trinajstić information content (AvgIpc) is 1.76. The number of morpholine rings is 1. The monoisotopic (exact) mass is 1950 g/mol. The zero-order chi connectivity index (χ0) is 101. The second-order valence-electron chi connectivity index (χ2n) is 35.3. The van der Waals surface area contributed by atoms with Gasteiger partial charge in [-0.1, -0.05) is 131 Å². The quantitative estimate of drug-likeness (QED) is 0.0392. The number of H-pyrrole nitrogens is 1. The van der Waals surface area contributed by atoms with Gasteiger partial charge in [0.1, 0.15) is 90.0 Å². The van der Waals surface area contributed by atoms with Gasteiger partial charge in [-0.15, -0.1) is 11.8 Å². The Kier molecular flexibility index (Phi) is 37.9. The van der Waals surface area contributed by atoms with E-state index in [-0.39, 0.29) is 56.8 Å². The van der Waals surface area contributed by atoms with E-state index in [4.69, 9.17) is 10.5 Å². The number of ether oxygens (including phenoxy) is 1. The number of carboxylic acids is 2. The van der Waals surface area contributed by atoms with Crippen LogP contribution in [0.2, 0.25) is 0 Å². The fourth-order valence-corrected chi connectivity index (χ4v) is 17.5. The molecule has 0 saturated carbocycles. The summed E-state index contributed by atoms with van der Waals surface area (Å²) in [5, 5.41) is 76.7. The number of fused-ring (bicyclic) bond motifs is 3. The van der Waals surface area contributed by atoms with Crippen LogP contribution in [-0.2, 0) is 125 Å². The number of hydrogen-bond acceptors (Lipinski definition) is 22. The molecule has 39 nitrogen and oxygen atoms in total. The number of aromatic amines is 1. The van der Waals surface area contributed by atoms with Gasteiger partial charge < -0.3 is 113 Å². The number of carbonyl (C=O) groups is 17. The van der Waals surface area contributed by atoms with E-state index in [0.29, 0.717) is 62.6 Å². The number of primary amides is 1. The van der Waals surface area contributed by atoms with E-state index in [0.717, 1.165) is 38.6 Å². The molecule has 0 radical (unpaired) electrons. The van der Waals surface area contributed by atoms with Crippen molar-refractivity contribution < 1.29 is 125 Å². The molecule has 3 saturated heterocycles. The first-order valence-corrected chi connectivity index (χ1v) is 46.2. The normalized spacial score (nSPS) is 23.7. The number of carboxylic acid groups (broad SMARTS) is 2. The summed E-state index contributed by atoms with van der Waals surface area (Å²) in [6.07, 6.45) is -6.35. The molecule has 3 aliphatic rings. The second kappa shape index (κ2) is 49.5. The fourth-order valence-electron chi connectivity index (χ4n) is 16.7. The number of amides is 15. The van der Waals surface area contributed by atoms with Gasteiger partial charge in [-0.2, -0.15) is 0 Å². The summed E-state index contributed by atoms with van der Waals surface area (Å²) in [6, 6.07) is 11.9. The Morgan fingerprint density at radius 2 is 1.01 bits per heavy atom. The molecule has 14 atom stereocenters. The van der Waals surface area contributed by atoms with Crippen molar-refractivity contribution >= 4 is 123 Å². The number of hydrogen-bond donors (Lipinski definition) is 16. The standard InChI is InChI=1S/C96H115F3N16O23S/c1-51(2)34-66-85(126)109-72(84(125)102-46-78(100)119)49-139-50-79(120)103-70(39-57-35-63(97)82(99)64(98)36-57)92(133)113(7)76(41-54-18-12-9-13-19-54)94(135)111(5)73(30-31-80(121)122)95(136)115-47-61(118)43-75(115)90(131)107-69(44-81(123)124)88(129)110-83(52(3)4)96(137)112(6)74(40-53-16-10-8-11-17-53)89(130)108-71(38-56-24-28-60(117)29-25-56)93(134)114-32-33-138-48-77(114)91(132)106-68(42-58-45-101-65-21-15-14-20-62(58)65)87(128)105-67(86(127)104-66)37-55-22-26-59(116)27-23-55/h8-29,35-36,45,51-52,61,66-77,83,101,116-118H,30-34,37-44,46-50H2,1-7H3,(H2,100,119)(H,102,125)(H,103,120)(H,104,127)(H,105,128)(H,106,132)(H,107,131)(H,108,130)(H,109,126)(H,110,129)(H,121,122)(H,123,124)/t61-,66+,67+,68+,69+,70+,71+,72+,73+,74+,75-,76+,77-,83+/m1/s1. The summed E-state index contributed by atoms with van der Waals surface area (Å²) in [7, 11) is 3.34. The number of nitrogens with two attached hydrogens (primary N) is 1. The van der Waals surface area contributed by atoms with E-state index in [1.54, 1.807) is 92.8 Å². The van der Waals surface area contributed by atoms with E-state index >= 15 is 56.7 Å². The number of aliphatic carboxylic acids is 2. The van der Waals surface area contributed by atoms with E-state index in [9.17, 15) is 63.5 Å². The molecule has 3 aliphatic heterocycles. The fraction of sp³-hybridized carbons (Fsp3) is 0.427. The van der Waals surface area contributed by atoms with Crippen molar-refractivity contribution in [2.45, 2.75) is 183 Å². The molecule has 17 N–H and O–H groups in total. The number of aromatic hydroxyl groups is 2. The smallest absolute Gasteiger partial charge is 0.305 e. The van der Waals surface area contributed by atoms with Crippen LogP contribution < -0.4 is 53.6 Å². The topological polar surface area (TPSA) is 567 Å². The first-order valence-electron chi connectivity index (χ1n) is 45.0. The van der Waals surface area contributed by atoms with Crippen LogP contribution in [0, 0.1) is 29.3 Å². The molecular weight excluding hydrogens is 1830 g/mol. The number of likely N-dealkylation sites (N-methyl/N-ethyl adjacent to an activating group) is 3. The van der Waals surface area contributed by atoms with Crippen LogP contribution in [0.25, 0.3) is 10.9 Å². The molecule has 15 amide bonds. The van der Waals surface area contributed by atoms with E-state index in [2.05, 4.69) is 52.8 Å². The molecular formula is C96H115F3N16O23S. The molecule has 744 valence electrons. The van der Waals surface area contributed by atoms with Gasteiger partial charge in [-0.3, -0.25) is 81.5 Å². The highest BCUT2D eigenvalue weighted by Crippen LogP contribution is 2.29. The number of benzene rings is 6. The van der Waals surface area contributed by atoms with Crippen molar-refractivity contribution in [3.63, 3.8) is 0 Å². The zero-order valence-electron chi connectivity index (χ0n) is 77.3. The number of halogens is 3. The molecule has 139 heavy (non-hydrogen) atoms. The Balaban J connectivity index is 1.07. The van der Waals surface area contributed by atoms with Crippen molar-refractivity contribution in [2.75, 3.05) is 65.5 Å². The van der Waals surface area contributed by atoms with Gasteiger partial charge >= 0.3 is 11.9 Å². The van der Waals surface area contributed by atoms with Crippen LogP contribution in [0.1, 0.15) is 93.2 Å². The number of carbonyl (C=O) groups excluding carboxylic acids is 15. The number of aliphatic hydroxyl groups excluding tert-OH is 1. The van der Waals surface area contributed by atoms with Crippen LogP contribution >= 0.6 is 11.8 Å². The third-order valence-electron chi connectivity index (χ3n) is 24.1. The molecule has 3 fully saturated rings. The predicted octanol–water partition coefficient (Wildman–Crippen LogP) is 0.691. The Hall–Kier alpha value is -14.5. The van der Waals surface area contributed by atoms with Gasteiger partial charge in [0.05, 0.1) is 38.0 Å². The Morgan fingerprint density at radius 1 is 0.511 bits per heavy atom. The number of phenolic OH excluding ortho intramolecular Hbond substituents is 2. The number of thioether (sulfide) groups is 1. The van der Waals surface area contributed by atoms with Crippen molar-refractivity contribution in [1.29, 1.82) is 0 Å². The maximum atomic E-state index is 15.9. The van der Waals surface area contributed by atoms with Crippen LogP contribution in [0.5, 0.6) is 11.5 Å². The number of para-hydroxylation sites is 1. The number of nitrogens with zero attached hydrogens (tertiary/aromatic N) is 5. The molecule has 0 aliphatic carbocycles. The third kappa shape index (κ3) is 29.5. The van der Waals surface area contributed by atoms with Crippen LogP contribution in [0.15, 0.2) is 152 Å². The SMILES string of the molecule is CC(C)C[C@@H]1NC(=O)[C@H](Cc2ccc(O)cc2)NC(=O)[C@H](Cc2c[nH]c3ccccc23)NC(=O)[C@H]2COCCN2C(=O)[C@H](Cc2ccc(O)cc2)NC(=O)[C@H](Cc2ccccc2)N(C)C(=O)[C@H](C(C)C)NC(=O)[C@H](CC(=O)O)NC(=O)[C@H]2C[C@@H](O)CN2C(=O)[C@H](CCC(=O)O)N(C)C(=O)[C@H](Cc2ccccc2)N(C)C(=O)[C@H](Cc2cc(F)c(F)c(F)c2)NC(=O)CSC[C@@H](C(=O)NCC(N)=O)NC1=O. The summed E-state index contributed by atoms with van der Waals surface area (Å²) in [5.74, 6) is -28.1. The Labute approximate surface area is 801 Å². The van der Waals surface area contributed by atoms with Gasteiger partial charge in [0.25, 0.3) is 0 Å². The lowest BCUT2D eigenvalue weighted by atomic mass is 9.98. The van der Waals surface area contributed by atoms with Gasteiger partial charge in [-0.25, -0.2) is 13.2 Å². The number of nitrogens with one attached hydrogen (secondary N) is 10. The van der Waals surface area contributed by atoms with Gasteiger partial charge in [0, 0.05) is 108 Å². The Morgan fingerprint density at radius 3 is 1.60 bits per heavy atom. The third-order valence-corrected chi connectivity index (χ3v) is 25.1. The average molecular weight is 1950 g/mol. The lowest BCUT2D eigenvalue weighted by Crippen LogP contribution is -2.64. The highest BCUT2D eigenvalue weighted by molar-refractivity contribution is 8.00. The molecule has 43 heteroatoms. The van der Waals surface area contributed by atoms with Crippen molar-refractivity contribution in [3.05, 3.63) is 203 Å². The van der Waals surface area contributed by atoms with Crippen molar-refractivity contribution in [2.24, 2.45) is 17.6 Å². The van der Waals surface area contributed by atoms with Crippen LogP contribution in [-0.4, -0.2) is 306 Å². The summed E-state index contributed by atoms with van der Waals surface area (Å²) < 4.78 is 51.0. The number of phenols is 2. The van der Waals surface area contributed by atoms with Gasteiger partial charge in [-0.05, 0) is 101 Å². The highest BCUT2D eigenvalue weighted by atomic mass is 32.2. The zero-order valence-corrected chi connectivity index (χ0v) is 78.2. The minimum atomic E-state index is -2.13. The highest BCUT2D eigenvalue weighted by Gasteiger charge is 2.48. The number of aliphatic hydroxyl groups is 1. The molecule has 0 spiro atoms. The molecule has 6 aromatic carbocycles. The molecule has 1 aromatic heterocycles.